The van der Waals surface area contributed by atoms with Crippen LogP contribution in [0.1, 0.15) is 133 Å². The zero-order valence-electron chi connectivity index (χ0n) is 22.2. The summed E-state index contributed by atoms with van der Waals surface area (Å²) in [4.78, 5) is 13.9. The highest BCUT2D eigenvalue weighted by molar-refractivity contribution is 5.94. The highest BCUT2D eigenvalue weighted by Gasteiger charge is 2.53. The first-order valence-electron chi connectivity index (χ1n) is 14.6. The Kier molecular flexibility index (Phi) is 5.69. The molecule has 0 radical (unpaired) electrons. The smallest absolute Gasteiger partial charge is 0.272 e. The van der Waals surface area contributed by atoms with Gasteiger partial charge in [-0.05, 0) is 112 Å². The van der Waals surface area contributed by atoms with Crippen LogP contribution in [0, 0.1) is 34.5 Å². The Hall–Kier alpha value is -1.32. The first-order chi connectivity index (χ1) is 16.2. The summed E-state index contributed by atoms with van der Waals surface area (Å²) in [6.07, 6.45) is 18.1. The molecule has 4 heteroatoms. The zero-order valence-corrected chi connectivity index (χ0v) is 22.2. The molecule has 4 bridgehead atoms. The topological polar surface area (TPSA) is 46.9 Å². The summed E-state index contributed by atoms with van der Waals surface area (Å²) in [6, 6.07) is 0.752. The van der Waals surface area contributed by atoms with E-state index in [2.05, 4.69) is 37.7 Å². The average Bonchev–Trinajstić information content (AvgIpc) is 3.17. The molecule has 2 atom stereocenters. The Morgan fingerprint density at radius 2 is 1.62 bits per heavy atom. The van der Waals surface area contributed by atoms with Crippen molar-refractivity contribution in [3.8, 4) is 0 Å². The van der Waals surface area contributed by atoms with Crippen LogP contribution < -0.4 is 5.32 Å². The second kappa shape index (κ2) is 8.37. The fourth-order valence-electron chi connectivity index (χ4n) is 9.32. The lowest BCUT2D eigenvalue weighted by atomic mass is 9.48. The van der Waals surface area contributed by atoms with E-state index in [-0.39, 0.29) is 17.4 Å². The third kappa shape index (κ3) is 3.95. The third-order valence-electron chi connectivity index (χ3n) is 11.0. The Morgan fingerprint density at radius 1 is 1.00 bits per heavy atom. The molecule has 0 aromatic carbocycles. The van der Waals surface area contributed by atoms with Crippen molar-refractivity contribution in [2.24, 2.45) is 34.5 Å². The van der Waals surface area contributed by atoms with Gasteiger partial charge in [0.15, 0.2) is 5.69 Å². The molecule has 34 heavy (non-hydrogen) atoms. The average molecular weight is 466 g/mol. The van der Waals surface area contributed by atoms with Crippen LogP contribution in [-0.4, -0.2) is 21.7 Å². The lowest BCUT2D eigenvalue weighted by molar-refractivity contribution is -0.0688. The molecule has 188 valence electrons. The molecule has 6 aliphatic carbocycles. The monoisotopic (exact) mass is 465 g/mol. The number of carbonyl (C=O) groups is 1. The fourth-order valence-corrected chi connectivity index (χ4v) is 9.32. The van der Waals surface area contributed by atoms with Crippen LogP contribution in [0.15, 0.2) is 0 Å². The number of rotatable bonds is 4. The summed E-state index contributed by atoms with van der Waals surface area (Å²) in [6.45, 7) is 9.41. The second-order valence-electron chi connectivity index (χ2n) is 14.3. The molecule has 1 N–H and O–H groups in total. The predicted molar refractivity (Wildman–Crippen MR) is 137 cm³/mol. The molecule has 5 fully saturated rings. The molecular formula is C30H47N3O. The van der Waals surface area contributed by atoms with Crippen LogP contribution in [0.25, 0.3) is 0 Å². The van der Waals surface area contributed by atoms with Gasteiger partial charge < -0.3 is 5.32 Å². The Labute approximate surface area is 207 Å². The standard InChI is InChI=1S/C30H47N3O/c1-19(30-16-20-12-21(17-30)14-22(13-20)18-30)31-28(34)27-25-15-23(29(2,3)4)10-11-26(25)33(32-27)24-8-6-5-7-9-24/h19-24H,5-18H2,1-4H3,(H,31,34). The molecule has 1 heterocycles. The highest BCUT2D eigenvalue weighted by Crippen LogP contribution is 2.61. The van der Waals surface area contributed by atoms with Gasteiger partial charge in [-0.1, -0.05) is 40.0 Å². The normalized spacial score (nSPS) is 36.4. The quantitative estimate of drug-likeness (QED) is 0.527. The molecule has 0 aliphatic heterocycles. The number of fused-ring (bicyclic) bond motifs is 1. The number of carbonyl (C=O) groups excluding carboxylic acids is 1. The summed E-state index contributed by atoms with van der Waals surface area (Å²) < 4.78 is 2.33. The van der Waals surface area contributed by atoms with Crippen molar-refractivity contribution in [1.82, 2.24) is 15.1 Å². The van der Waals surface area contributed by atoms with Crippen LogP contribution in [0.2, 0.25) is 0 Å². The number of nitrogens with zero attached hydrogens (tertiary/aromatic N) is 2. The molecule has 5 saturated carbocycles. The van der Waals surface area contributed by atoms with Gasteiger partial charge >= 0.3 is 0 Å². The van der Waals surface area contributed by atoms with Gasteiger partial charge in [-0.25, -0.2) is 0 Å². The molecule has 1 aromatic rings. The molecule has 7 rings (SSSR count). The van der Waals surface area contributed by atoms with Crippen LogP contribution in [0.3, 0.4) is 0 Å². The van der Waals surface area contributed by atoms with E-state index in [1.807, 2.05) is 0 Å². The molecule has 1 amide bonds. The van der Waals surface area contributed by atoms with E-state index in [4.69, 9.17) is 5.10 Å². The first-order valence-corrected chi connectivity index (χ1v) is 14.6. The Balaban J connectivity index is 1.27. The van der Waals surface area contributed by atoms with Crippen LogP contribution in [0.4, 0.5) is 0 Å². The van der Waals surface area contributed by atoms with E-state index in [9.17, 15) is 4.79 Å². The van der Waals surface area contributed by atoms with Crippen molar-refractivity contribution in [3.63, 3.8) is 0 Å². The summed E-state index contributed by atoms with van der Waals surface area (Å²) in [5.41, 5.74) is 4.05. The minimum absolute atomic E-state index is 0.114. The van der Waals surface area contributed by atoms with Crippen LogP contribution in [-0.2, 0) is 12.8 Å². The van der Waals surface area contributed by atoms with Gasteiger partial charge in [0, 0.05) is 17.3 Å². The van der Waals surface area contributed by atoms with Crippen molar-refractivity contribution in [2.45, 2.75) is 130 Å². The molecule has 1 aromatic heterocycles. The Bertz CT molecular complexity index is 896. The van der Waals surface area contributed by atoms with Crippen molar-refractivity contribution in [2.75, 3.05) is 0 Å². The van der Waals surface area contributed by atoms with E-state index in [0.717, 1.165) is 36.3 Å². The van der Waals surface area contributed by atoms with Crippen LogP contribution >= 0.6 is 0 Å². The largest absolute Gasteiger partial charge is 0.348 e. The number of aromatic nitrogens is 2. The number of hydrogen-bond acceptors (Lipinski definition) is 2. The van der Waals surface area contributed by atoms with Gasteiger partial charge in [-0.2, -0.15) is 5.10 Å². The summed E-state index contributed by atoms with van der Waals surface area (Å²) in [7, 11) is 0. The minimum atomic E-state index is 0.114. The SMILES string of the molecule is CC(NC(=O)c1nn(C2CCCCC2)c2c1CC(C(C)(C)C)CC2)C12CC3CC(CC(C3)C1)C2. The van der Waals surface area contributed by atoms with Gasteiger partial charge in [-0.15, -0.1) is 0 Å². The lowest BCUT2D eigenvalue weighted by Gasteiger charge is -2.59. The van der Waals surface area contributed by atoms with Crippen molar-refractivity contribution in [1.29, 1.82) is 0 Å². The molecule has 0 spiro atoms. The maximum Gasteiger partial charge on any atom is 0.272 e. The first kappa shape index (κ1) is 23.1. The third-order valence-corrected chi connectivity index (χ3v) is 11.0. The van der Waals surface area contributed by atoms with Crippen molar-refractivity contribution < 1.29 is 4.79 Å². The van der Waals surface area contributed by atoms with E-state index >= 15 is 0 Å². The van der Waals surface area contributed by atoms with E-state index in [1.165, 1.54) is 88.3 Å². The van der Waals surface area contributed by atoms with Gasteiger partial charge in [0.05, 0.1) is 6.04 Å². The second-order valence-corrected chi connectivity index (χ2v) is 14.3. The highest BCUT2D eigenvalue weighted by atomic mass is 16.2. The number of hydrogen-bond donors (Lipinski definition) is 1. The van der Waals surface area contributed by atoms with Gasteiger partial charge in [-0.3, -0.25) is 9.48 Å². The lowest BCUT2D eigenvalue weighted by Crippen LogP contribution is -2.55. The number of nitrogens with one attached hydrogen (secondary N) is 1. The van der Waals surface area contributed by atoms with E-state index in [1.54, 1.807) is 0 Å². The summed E-state index contributed by atoms with van der Waals surface area (Å²) in [5.74, 6) is 3.48. The van der Waals surface area contributed by atoms with Crippen molar-refractivity contribution in [3.05, 3.63) is 17.0 Å². The van der Waals surface area contributed by atoms with Gasteiger partial charge in [0.1, 0.15) is 0 Å². The fraction of sp³-hybridized carbons (Fsp3) is 0.867. The number of amides is 1. The predicted octanol–water partition coefficient (Wildman–Crippen LogP) is 6.87. The maximum atomic E-state index is 13.9. The maximum absolute atomic E-state index is 13.9. The zero-order chi connectivity index (χ0) is 23.7. The summed E-state index contributed by atoms with van der Waals surface area (Å²) in [5, 5.41) is 8.69. The van der Waals surface area contributed by atoms with E-state index < -0.39 is 0 Å². The molecule has 6 aliphatic rings. The molecule has 0 saturated heterocycles. The van der Waals surface area contributed by atoms with Gasteiger partial charge in [0.2, 0.25) is 0 Å². The van der Waals surface area contributed by atoms with E-state index in [0.29, 0.717) is 17.4 Å². The molecule has 4 nitrogen and oxygen atoms in total. The van der Waals surface area contributed by atoms with Crippen molar-refractivity contribution >= 4 is 5.91 Å². The minimum Gasteiger partial charge on any atom is -0.348 e. The van der Waals surface area contributed by atoms with Gasteiger partial charge in [0.25, 0.3) is 5.91 Å². The Morgan fingerprint density at radius 3 is 2.21 bits per heavy atom. The molecular weight excluding hydrogens is 418 g/mol. The van der Waals surface area contributed by atoms with Crippen LogP contribution in [0.5, 0.6) is 0 Å². The molecule has 2 unspecified atom stereocenters. The summed E-state index contributed by atoms with van der Waals surface area (Å²) >= 11 is 0.